The van der Waals surface area contributed by atoms with Crippen molar-refractivity contribution < 1.29 is 9.59 Å². The molecule has 134 valence electrons. The lowest BCUT2D eigenvalue weighted by atomic mass is 10.1. The van der Waals surface area contributed by atoms with E-state index in [1.165, 1.54) is 6.20 Å². The summed E-state index contributed by atoms with van der Waals surface area (Å²) in [5.41, 5.74) is 1.10. The number of hydrogen-bond acceptors (Lipinski definition) is 4. The first-order valence-corrected chi connectivity index (χ1v) is 8.21. The predicted molar refractivity (Wildman–Crippen MR) is 93.5 cm³/mol. The summed E-state index contributed by atoms with van der Waals surface area (Å²) >= 11 is 0. The molecule has 3 N–H and O–H groups in total. The highest BCUT2D eigenvalue weighted by molar-refractivity contribution is 5.99. The van der Waals surface area contributed by atoms with Gasteiger partial charge in [-0.25, -0.2) is 9.48 Å². The van der Waals surface area contributed by atoms with Crippen LogP contribution in [0, 0.1) is 6.92 Å². The van der Waals surface area contributed by atoms with Gasteiger partial charge < -0.3 is 10.6 Å². The van der Waals surface area contributed by atoms with Gasteiger partial charge in [0.05, 0.1) is 23.1 Å². The first kappa shape index (κ1) is 17.0. The zero-order valence-electron chi connectivity index (χ0n) is 14.8. The predicted octanol–water partition coefficient (Wildman–Crippen LogP) is 1.85. The van der Waals surface area contributed by atoms with Crippen molar-refractivity contribution in [1.82, 2.24) is 24.9 Å². The number of amides is 3. The normalized spacial score (nSPS) is 17.4. The molecule has 25 heavy (non-hydrogen) atoms. The lowest BCUT2D eigenvalue weighted by Gasteiger charge is -2.22. The number of anilines is 2. The molecule has 9 heteroatoms. The Morgan fingerprint density at radius 2 is 2.12 bits per heavy atom. The van der Waals surface area contributed by atoms with Crippen molar-refractivity contribution in [3.05, 3.63) is 24.2 Å². The molecule has 0 bridgehead atoms. The van der Waals surface area contributed by atoms with Crippen LogP contribution in [0.2, 0.25) is 0 Å². The largest absolute Gasteiger partial charge is 0.354 e. The average molecular weight is 345 g/mol. The van der Waals surface area contributed by atoms with Crippen LogP contribution in [0.25, 0.3) is 0 Å². The molecule has 3 amide bonds. The van der Waals surface area contributed by atoms with Crippen molar-refractivity contribution in [3.63, 3.8) is 0 Å². The molecule has 3 heterocycles. The molecule has 0 aliphatic carbocycles. The van der Waals surface area contributed by atoms with Gasteiger partial charge in [-0.1, -0.05) is 0 Å². The summed E-state index contributed by atoms with van der Waals surface area (Å²) in [6.45, 7) is 8.56. The number of aromatic nitrogens is 4. The van der Waals surface area contributed by atoms with E-state index in [9.17, 15) is 9.59 Å². The first-order valence-electron chi connectivity index (χ1n) is 8.21. The van der Waals surface area contributed by atoms with Crippen molar-refractivity contribution in [3.8, 4) is 0 Å². The summed E-state index contributed by atoms with van der Waals surface area (Å²) in [7, 11) is 0. The molecule has 0 radical (unpaired) electrons. The number of carbonyl (C=O) groups excluding carboxylic acids is 2. The van der Waals surface area contributed by atoms with E-state index < -0.39 is 0 Å². The minimum absolute atomic E-state index is 0.0522. The second-order valence-electron chi connectivity index (χ2n) is 7.14. The van der Waals surface area contributed by atoms with E-state index in [1.54, 1.807) is 15.6 Å². The SMILES string of the molecule is Cc1cc(NC(=O)Nc2cnn(C3CCNC3=O)c2)n(C(C)(C)C)n1. The molecule has 1 saturated heterocycles. The second-order valence-corrected chi connectivity index (χ2v) is 7.14. The average Bonchev–Trinajstić information content (AvgIpc) is 3.19. The molecule has 0 aromatic carbocycles. The minimum Gasteiger partial charge on any atom is -0.354 e. The van der Waals surface area contributed by atoms with Gasteiger partial charge in [0, 0.05) is 18.8 Å². The van der Waals surface area contributed by atoms with E-state index in [2.05, 4.69) is 26.1 Å². The van der Waals surface area contributed by atoms with Crippen molar-refractivity contribution in [2.75, 3.05) is 17.2 Å². The van der Waals surface area contributed by atoms with Crippen molar-refractivity contribution in [2.45, 2.75) is 45.7 Å². The molecule has 1 fully saturated rings. The van der Waals surface area contributed by atoms with Crippen LogP contribution < -0.4 is 16.0 Å². The Bertz CT molecular complexity index is 800. The smallest absolute Gasteiger partial charge is 0.324 e. The molecule has 2 aromatic heterocycles. The Morgan fingerprint density at radius 3 is 2.76 bits per heavy atom. The molecule has 0 saturated carbocycles. The van der Waals surface area contributed by atoms with Gasteiger partial charge in [-0.3, -0.25) is 14.8 Å². The number of hydrogen-bond donors (Lipinski definition) is 3. The first-order chi connectivity index (χ1) is 11.7. The Labute approximate surface area is 145 Å². The summed E-state index contributed by atoms with van der Waals surface area (Å²) in [6.07, 6.45) is 3.87. The van der Waals surface area contributed by atoms with E-state index in [0.29, 0.717) is 24.5 Å². The topological polar surface area (TPSA) is 106 Å². The number of urea groups is 1. The Morgan fingerprint density at radius 1 is 1.36 bits per heavy atom. The minimum atomic E-state index is -0.388. The van der Waals surface area contributed by atoms with Crippen LogP contribution >= 0.6 is 0 Å². The van der Waals surface area contributed by atoms with Gasteiger partial charge in [0.2, 0.25) is 5.91 Å². The van der Waals surface area contributed by atoms with Crippen molar-refractivity contribution in [2.24, 2.45) is 0 Å². The Hall–Kier alpha value is -2.84. The molecular weight excluding hydrogens is 322 g/mol. The molecule has 1 aliphatic rings. The Balaban J connectivity index is 1.68. The van der Waals surface area contributed by atoms with Crippen LogP contribution in [0.4, 0.5) is 16.3 Å². The molecule has 2 aromatic rings. The number of nitrogens with zero attached hydrogens (tertiary/aromatic N) is 4. The maximum Gasteiger partial charge on any atom is 0.324 e. The molecule has 1 atom stereocenters. The third-order valence-corrected chi connectivity index (χ3v) is 3.91. The number of aryl methyl sites for hydroxylation is 1. The van der Waals surface area contributed by atoms with Crippen LogP contribution in [0.15, 0.2) is 18.5 Å². The van der Waals surface area contributed by atoms with Gasteiger partial charge in [0.15, 0.2) is 0 Å². The number of carbonyl (C=O) groups is 2. The highest BCUT2D eigenvalue weighted by Crippen LogP contribution is 2.22. The maximum atomic E-state index is 12.3. The van der Waals surface area contributed by atoms with Gasteiger partial charge in [-0.05, 0) is 34.1 Å². The van der Waals surface area contributed by atoms with Gasteiger partial charge in [-0.15, -0.1) is 0 Å². The third kappa shape index (κ3) is 3.65. The highest BCUT2D eigenvalue weighted by atomic mass is 16.2. The third-order valence-electron chi connectivity index (χ3n) is 3.91. The lowest BCUT2D eigenvalue weighted by molar-refractivity contribution is -0.122. The highest BCUT2D eigenvalue weighted by Gasteiger charge is 2.26. The summed E-state index contributed by atoms with van der Waals surface area (Å²) in [5.74, 6) is 0.564. The summed E-state index contributed by atoms with van der Waals surface area (Å²) < 4.78 is 3.34. The van der Waals surface area contributed by atoms with Crippen LogP contribution in [-0.4, -0.2) is 38.0 Å². The summed E-state index contributed by atoms with van der Waals surface area (Å²) in [5, 5.41) is 16.9. The van der Waals surface area contributed by atoms with E-state index in [1.807, 2.05) is 33.8 Å². The molecule has 9 nitrogen and oxygen atoms in total. The molecule has 1 unspecified atom stereocenters. The van der Waals surface area contributed by atoms with E-state index >= 15 is 0 Å². The molecule has 0 spiro atoms. The van der Waals surface area contributed by atoms with E-state index in [4.69, 9.17) is 0 Å². The quantitative estimate of drug-likeness (QED) is 0.789. The van der Waals surface area contributed by atoms with E-state index in [0.717, 1.165) is 5.69 Å². The fourth-order valence-corrected chi connectivity index (χ4v) is 2.78. The standard InChI is InChI=1S/C16H23N7O2/c1-10-7-13(23(21-10)16(2,3)4)20-15(25)19-11-8-18-22(9-11)12-5-6-17-14(12)24/h7-9,12H,5-6H2,1-4H3,(H,17,24)(H2,19,20,25). The molecule has 3 rings (SSSR count). The summed E-state index contributed by atoms with van der Waals surface area (Å²) in [4.78, 5) is 24.0. The zero-order valence-corrected chi connectivity index (χ0v) is 14.8. The summed E-state index contributed by atoms with van der Waals surface area (Å²) in [6, 6.07) is 1.11. The van der Waals surface area contributed by atoms with Gasteiger partial charge in [0.1, 0.15) is 11.9 Å². The van der Waals surface area contributed by atoms with Crippen molar-refractivity contribution >= 4 is 23.4 Å². The molecular formula is C16H23N7O2. The maximum absolute atomic E-state index is 12.3. The molecule has 1 aliphatic heterocycles. The van der Waals surface area contributed by atoms with Gasteiger partial charge in [0.25, 0.3) is 0 Å². The fourth-order valence-electron chi connectivity index (χ4n) is 2.78. The fraction of sp³-hybridized carbons (Fsp3) is 0.500. The van der Waals surface area contributed by atoms with E-state index in [-0.39, 0.29) is 23.5 Å². The number of nitrogens with one attached hydrogen (secondary N) is 3. The monoisotopic (exact) mass is 345 g/mol. The lowest BCUT2D eigenvalue weighted by Crippen LogP contribution is -2.28. The zero-order chi connectivity index (χ0) is 18.2. The van der Waals surface area contributed by atoms with Gasteiger partial charge in [-0.2, -0.15) is 10.2 Å². The number of rotatable bonds is 3. The van der Waals surface area contributed by atoms with Crippen LogP contribution in [0.5, 0.6) is 0 Å². The second kappa shape index (κ2) is 6.23. The van der Waals surface area contributed by atoms with Gasteiger partial charge >= 0.3 is 6.03 Å². The van der Waals surface area contributed by atoms with Crippen LogP contribution in [-0.2, 0) is 10.3 Å². The van der Waals surface area contributed by atoms with Crippen LogP contribution in [0.3, 0.4) is 0 Å². The van der Waals surface area contributed by atoms with Crippen LogP contribution in [0.1, 0.15) is 38.9 Å². The Kier molecular flexibility index (Phi) is 4.23. The van der Waals surface area contributed by atoms with Crippen molar-refractivity contribution in [1.29, 1.82) is 0 Å².